The third-order valence-electron chi connectivity index (χ3n) is 2.77. The molecular weight excluding hydrogens is 241 g/mol. The topological polar surface area (TPSA) is 46.2 Å². The summed E-state index contributed by atoms with van der Waals surface area (Å²) in [5, 5.41) is 3.03. The van der Waals surface area contributed by atoms with Crippen LogP contribution in [-0.2, 0) is 16.4 Å². The molecule has 17 heavy (non-hydrogen) atoms. The lowest BCUT2D eigenvalue weighted by molar-refractivity contribution is 0.520. The molecule has 0 saturated carbocycles. The first-order valence-electron chi connectivity index (χ1n) is 5.37. The molecular formula is C12H18FNO2S. The maximum atomic E-state index is 12.9. The second-order valence-electron chi connectivity index (χ2n) is 4.77. The second-order valence-corrected chi connectivity index (χ2v) is 7.41. The Morgan fingerprint density at radius 1 is 1.35 bits per heavy atom. The SMILES string of the molecule is CC(C)(CNCc1cccc(F)c1)S(C)(=O)=O. The molecule has 0 bridgehead atoms. The van der Waals surface area contributed by atoms with Crippen molar-refractivity contribution in [3.63, 3.8) is 0 Å². The van der Waals surface area contributed by atoms with Gasteiger partial charge in [-0.3, -0.25) is 0 Å². The summed E-state index contributed by atoms with van der Waals surface area (Å²) in [5.74, 6) is -0.285. The molecule has 0 unspecified atom stereocenters. The van der Waals surface area contributed by atoms with E-state index in [4.69, 9.17) is 0 Å². The van der Waals surface area contributed by atoms with Gasteiger partial charge in [-0.15, -0.1) is 0 Å². The molecule has 0 aromatic heterocycles. The first-order valence-corrected chi connectivity index (χ1v) is 7.26. The highest BCUT2D eigenvalue weighted by Crippen LogP contribution is 2.13. The van der Waals surface area contributed by atoms with Gasteiger partial charge in [0.1, 0.15) is 5.82 Å². The number of benzene rings is 1. The average Bonchev–Trinajstić information content (AvgIpc) is 2.15. The highest BCUT2D eigenvalue weighted by molar-refractivity contribution is 7.92. The standard InChI is InChI=1S/C12H18FNO2S/c1-12(2,17(3,15)16)9-14-8-10-5-4-6-11(13)7-10/h4-7,14H,8-9H2,1-3H3. The monoisotopic (exact) mass is 259 g/mol. The van der Waals surface area contributed by atoms with Gasteiger partial charge < -0.3 is 5.32 Å². The van der Waals surface area contributed by atoms with Crippen LogP contribution >= 0.6 is 0 Å². The molecule has 0 fully saturated rings. The van der Waals surface area contributed by atoms with Crippen molar-refractivity contribution < 1.29 is 12.8 Å². The van der Waals surface area contributed by atoms with E-state index in [0.29, 0.717) is 13.1 Å². The van der Waals surface area contributed by atoms with Crippen molar-refractivity contribution in [2.45, 2.75) is 25.1 Å². The van der Waals surface area contributed by atoms with Crippen molar-refractivity contribution in [3.8, 4) is 0 Å². The number of nitrogens with one attached hydrogen (secondary N) is 1. The highest BCUT2D eigenvalue weighted by atomic mass is 32.2. The lowest BCUT2D eigenvalue weighted by atomic mass is 10.2. The maximum Gasteiger partial charge on any atom is 0.153 e. The van der Waals surface area contributed by atoms with Crippen LogP contribution in [0.1, 0.15) is 19.4 Å². The summed E-state index contributed by atoms with van der Waals surface area (Å²) in [6.45, 7) is 4.13. The normalized spacial score (nSPS) is 12.7. The van der Waals surface area contributed by atoms with E-state index in [1.54, 1.807) is 26.0 Å². The van der Waals surface area contributed by atoms with E-state index in [1.165, 1.54) is 18.4 Å². The van der Waals surface area contributed by atoms with Gasteiger partial charge in [0.25, 0.3) is 0 Å². The lowest BCUT2D eigenvalue weighted by Gasteiger charge is -2.22. The van der Waals surface area contributed by atoms with E-state index in [2.05, 4.69) is 5.32 Å². The Bertz CT molecular complexity index is 483. The Morgan fingerprint density at radius 2 is 2.00 bits per heavy atom. The minimum atomic E-state index is -3.10. The second kappa shape index (κ2) is 5.14. The van der Waals surface area contributed by atoms with Crippen molar-refractivity contribution >= 4 is 9.84 Å². The number of hydrogen-bond donors (Lipinski definition) is 1. The molecule has 0 amide bonds. The summed E-state index contributed by atoms with van der Waals surface area (Å²) in [4.78, 5) is 0. The van der Waals surface area contributed by atoms with E-state index < -0.39 is 14.6 Å². The summed E-state index contributed by atoms with van der Waals surface area (Å²) >= 11 is 0. The van der Waals surface area contributed by atoms with Crippen LogP contribution in [0.2, 0.25) is 0 Å². The van der Waals surface area contributed by atoms with Crippen molar-refractivity contribution in [1.29, 1.82) is 0 Å². The van der Waals surface area contributed by atoms with Crippen molar-refractivity contribution in [1.82, 2.24) is 5.32 Å². The molecule has 3 nitrogen and oxygen atoms in total. The molecule has 1 aromatic carbocycles. The molecule has 1 aromatic rings. The van der Waals surface area contributed by atoms with Crippen molar-refractivity contribution in [2.24, 2.45) is 0 Å². The van der Waals surface area contributed by atoms with Crippen LogP contribution in [0.15, 0.2) is 24.3 Å². The number of sulfone groups is 1. The molecule has 0 atom stereocenters. The van der Waals surface area contributed by atoms with Crippen LogP contribution in [0.3, 0.4) is 0 Å². The van der Waals surface area contributed by atoms with Gasteiger partial charge in [0.15, 0.2) is 9.84 Å². The van der Waals surface area contributed by atoms with Gasteiger partial charge in [-0.2, -0.15) is 0 Å². The summed E-state index contributed by atoms with van der Waals surface area (Å²) in [5.41, 5.74) is 0.800. The molecule has 0 aliphatic heterocycles. The zero-order valence-electron chi connectivity index (χ0n) is 10.3. The van der Waals surface area contributed by atoms with Gasteiger partial charge in [-0.05, 0) is 31.5 Å². The zero-order valence-corrected chi connectivity index (χ0v) is 11.1. The maximum absolute atomic E-state index is 12.9. The Balaban J connectivity index is 2.54. The molecule has 1 N–H and O–H groups in total. The van der Waals surface area contributed by atoms with Gasteiger partial charge in [0, 0.05) is 19.3 Å². The van der Waals surface area contributed by atoms with E-state index >= 15 is 0 Å². The summed E-state index contributed by atoms with van der Waals surface area (Å²) in [6, 6.07) is 6.24. The first kappa shape index (κ1) is 14.1. The molecule has 0 radical (unpaired) electrons. The van der Waals surface area contributed by atoms with E-state index in [1.807, 2.05) is 0 Å². The van der Waals surface area contributed by atoms with Crippen molar-refractivity contribution in [3.05, 3.63) is 35.6 Å². The fourth-order valence-electron chi connectivity index (χ4n) is 1.29. The third-order valence-corrected chi connectivity index (χ3v) is 4.92. The minimum Gasteiger partial charge on any atom is -0.311 e. The predicted octanol–water partition coefficient (Wildman–Crippen LogP) is 1.74. The zero-order chi connectivity index (χ0) is 13.1. The van der Waals surface area contributed by atoms with Gasteiger partial charge in [-0.25, -0.2) is 12.8 Å². The molecule has 0 saturated heterocycles. The van der Waals surface area contributed by atoms with E-state index in [0.717, 1.165) is 5.56 Å². The molecule has 0 aliphatic carbocycles. The van der Waals surface area contributed by atoms with Gasteiger partial charge in [-0.1, -0.05) is 12.1 Å². The molecule has 0 heterocycles. The largest absolute Gasteiger partial charge is 0.311 e. The molecule has 0 spiro atoms. The van der Waals surface area contributed by atoms with Gasteiger partial charge in [0.05, 0.1) is 4.75 Å². The Morgan fingerprint density at radius 3 is 2.53 bits per heavy atom. The summed E-state index contributed by atoms with van der Waals surface area (Å²) in [6.07, 6.45) is 1.22. The van der Waals surface area contributed by atoms with Crippen LogP contribution in [0.4, 0.5) is 4.39 Å². The Kier molecular flexibility index (Phi) is 4.27. The van der Waals surface area contributed by atoms with Crippen LogP contribution in [0, 0.1) is 5.82 Å². The van der Waals surface area contributed by atoms with Crippen LogP contribution < -0.4 is 5.32 Å². The van der Waals surface area contributed by atoms with Gasteiger partial charge in [0.2, 0.25) is 0 Å². The average molecular weight is 259 g/mol. The molecule has 1 rings (SSSR count). The van der Waals surface area contributed by atoms with Crippen LogP contribution in [-0.4, -0.2) is 26.0 Å². The van der Waals surface area contributed by atoms with Crippen LogP contribution in [0.25, 0.3) is 0 Å². The number of halogens is 1. The van der Waals surface area contributed by atoms with E-state index in [-0.39, 0.29) is 5.82 Å². The van der Waals surface area contributed by atoms with Crippen molar-refractivity contribution in [2.75, 3.05) is 12.8 Å². The fraction of sp³-hybridized carbons (Fsp3) is 0.500. The number of hydrogen-bond acceptors (Lipinski definition) is 3. The Labute approximate surface area is 102 Å². The van der Waals surface area contributed by atoms with Gasteiger partial charge >= 0.3 is 0 Å². The highest BCUT2D eigenvalue weighted by Gasteiger charge is 2.29. The fourth-order valence-corrected chi connectivity index (χ4v) is 1.65. The Hall–Kier alpha value is -0.940. The number of rotatable bonds is 5. The summed E-state index contributed by atoms with van der Waals surface area (Å²) in [7, 11) is -3.10. The van der Waals surface area contributed by atoms with E-state index in [9.17, 15) is 12.8 Å². The lowest BCUT2D eigenvalue weighted by Crippen LogP contribution is -2.41. The van der Waals surface area contributed by atoms with Crippen LogP contribution in [0.5, 0.6) is 0 Å². The molecule has 0 aliphatic rings. The summed E-state index contributed by atoms with van der Waals surface area (Å²) < 4.78 is 35.0. The first-order chi connectivity index (χ1) is 7.72. The smallest absolute Gasteiger partial charge is 0.153 e. The molecule has 5 heteroatoms. The third kappa shape index (κ3) is 4.09. The minimum absolute atomic E-state index is 0.285. The molecule has 96 valence electrons. The quantitative estimate of drug-likeness (QED) is 0.876. The predicted molar refractivity (Wildman–Crippen MR) is 67.0 cm³/mol.